The van der Waals surface area contributed by atoms with Crippen LogP contribution in [0.2, 0.25) is 0 Å². The molecule has 1 aliphatic carbocycles. The highest BCUT2D eigenvalue weighted by Crippen LogP contribution is 2.44. The number of likely N-dealkylation sites (tertiary alicyclic amines) is 1. The summed E-state index contributed by atoms with van der Waals surface area (Å²) in [6.07, 6.45) is 6.46. The zero-order valence-electron chi connectivity index (χ0n) is 16.5. The third-order valence-corrected chi connectivity index (χ3v) is 6.86. The molecule has 1 saturated carbocycles. The van der Waals surface area contributed by atoms with E-state index in [1.54, 1.807) is 4.52 Å². The summed E-state index contributed by atoms with van der Waals surface area (Å²) in [7, 11) is 0. The zero-order chi connectivity index (χ0) is 19.2. The van der Waals surface area contributed by atoms with Crippen LogP contribution in [0, 0.1) is 25.7 Å². The average Bonchev–Trinajstić information content (AvgIpc) is 3.29. The summed E-state index contributed by atoms with van der Waals surface area (Å²) in [5, 5.41) is 15.2. The Morgan fingerprint density at radius 2 is 2.19 bits per heavy atom. The summed E-state index contributed by atoms with van der Waals surface area (Å²) >= 11 is 0. The normalized spacial score (nSPS) is 27.9. The molecule has 2 fully saturated rings. The van der Waals surface area contributed by atoms with Crippen LogP contribution >= 0.6 is 0 Å². The van der Waals surface area contributed by atoms with Crippen molar-refractivity contribution < 1.29 is 9.90 Å². The van der Waals surface area contributed by atoms with Crippen molar-refractivity contribution in [1.82, 2.24) is 24.5 Å². The van der Waals surface area contributed by atoms with E-state index in [1.165, 1.54) is 6.33 Å². The maximum atomic E-state index is 12.9. The molecule has 146 valence electrons. The monoisotopic (exact) mass is 371 g/mol. The second-order valence-corrected chi connectivity index (χ2v) is 8.25. The molecule has 0 unspecified atom stereocenters. The molecule has 3 atom stereocenters. The summed E-state index contributed by atoms with van der Waals surface area (Å²) in [5.74, 6) is 1.46. The number of aliphatic hydroxyl groups is 1. The van der Waals surface area contributed by atoms with Crippen molar-refractivity contribution in [3.05, 3.63) is 23.3 Å². The van der Waals surface area contributed by atoms with Crippen molar-refractivity contribution in [2.24, 2.45) is 11.8 Å². The van der Waals surface area contributed by atoms with Crippen LogP contribution in [0.5, 0.6) is 0 Å². The van der Waals surface area contributed by atoms with Gasteiger partial charge in [-0.2, -0.15) is 10.1 Å². The number of aromatic nitrogens is 4. The maximum Gasteiger partial charge on any atom is 0.252 e. The first-order valence-electron chi connectivity index (χ1n) is 10.1. The van der Waals surface area contributed by atoms with Gasteiger partial charge in [0.05, 0.1) is 5.60 Å². The number of fused-ring (bicyclic) bond motifs is 2. The van der Waals surface area contributed by atoms with Crippen molar-refractivity contribution in [1.29, 1.82) is 0 Å². The highest BCUT2D eigenvalue weighted by atomic mass is 16.3. The molecular formula is C20H29N5O2. The van der Waals surface area contributed by atoms with Crippen LogP contribution in [0.25, 0.3) is 5.78 Å². The van der Waals surface area contributed by atoms with E-state index in [9.17, 15) is 9.90 Å². The van der Waals surface area contributed by atoms with Crippen LogP contribution in [-0.4, -0.2) is 54.2 Å². The Hall–Kier alpha value is -2.02. The minimum Gasteiger partial charge on any atom is -0.390 e. The Balaban J connectivity index is 1.45. The molecule has 0 radical (unpaired) electrons. The molecule has 3 heterocycles. The Bertz CT molecular complexity index is 863. The van der Waals surface area contributed by atoms with Crippen molar-refractivity contribution in [3.8, 4) is 0 Å². The van der Waals surface area contributed by atoms with Crippen LogP contribution in [-0.2, 0) is 11.2 Å². The summed E-state index contributed by atoms with van der Waals surface area (Å²) in [4.78, 5) is 23.5. The smallest absolute Gasteiger partial charge is 0.252 e. The minimum atomic E-state index is -0.590. The Morgan fingerprint density at radius 3 is 2.96 bits per heavy atom. The third-order valence-electron chi connectivity index (χ3n) is 6.86. The van der Waals surface area contributed by atoms with Gasteiger partial charge in [-0.1, -0.05) is 13.3 Å². The van der Waals surface area contributed by atoms with E-state index in [2.05, 4.69) is 22.0 Å². The van der Waals surface area contributed by atoms with Gasteiger partial charge in [-0.15, -0.1) is 0 Å². The van der Waals surface area contributed by atoms with Gasteiger partial charge >= 0.3 is 0 Å². The number of rotatable bonds is 4. The molecule has 0 bridgehead atoms. The number of hydrogen-bond acceptors (Lipinski definition) is 5. The van der Waals surface area contributed by atoms with E-state index in [1.807, 2.05) is 18.7 Å². The number of hydrogen-bond donors (Lipinski definition) is 1. The van der Waals surface area contributed by atoms with Crippen molar-refractivity contribution in [2.45, 2.75) is 64.9 Å². The fraction of sp³-hybridized carbons (Fsp3) is 0.700. The Kier molecular flexibility index (Phi) is 4.66. The molecule has 4 rings (SSSR count). The summed E-state index contributed by atoms with van der Waals surface area (Å²) < 4.78 is 1.73. The predicted molar refractivity (Wildman–Crippen MR) is 101 cm³/mol. The van der Waals surface area contributed by atoms with E-state index in [0.717, 1.165) is 49.2 Å². The second kappa shape index (κ2) is 6.86. The quantitative estimate of drug-likeness (QED) is 0.889. The van der Waals surface area contributed by atoms with E-state index in [0.29, 0.717) is 31.1 Å². The Morgan fingerprint density at radius 1 is 1.37 bits per heavy atom. The standard InChI is InChI=1S/C20H29N5O2/c1-4-20(27)9-5-6-15-10-24(11-17(15)20)18(26)8-7-16-13(2)23-19-21-12-22-25(19)14(16)3/h12,15,17,27H,4-11H2,1-3H3/t15-,17+,20-/m1/s1. The molecule has 1 N–H and O–H groups in total. The van der Waals surface area contributed by atoms with Crippen LogP contribution in [0.15, 0.2) is 6.33 Å². The van der Waals surface area contributed by atoms with Gasteiger partial charge in [-0.05, 0) is 51.0 Å². The van der Waals surface area contributed by atoms with Gasteiger partial charge in [0, 0.05) is 36.8 Å². The molecular weight excluding hydrogens is 342 g/mol. The van der Waals surface area contributed by atoms with Gasteiger partial charge in [-0.25, -0.2) is 9.50 Å². The highest BCUT2D eigenvalue weighted by molar-refractivity contribution is 5.77. The van der Waals surface area contributed by atoms with Gasteiger partial charge in [0.15, 0.2) is 0 Å². The molecule has 1 amide bonds. The molecule has 2 aromatic rings. The predicted octanol–water partition coefficient (Wildman–Crippen LogP) is 2.07. The van der Waals surface area contributed by atoms with Gasteiger partial charge in [0.2, 0.25) is 5.91 Å². The van der Waals surface area contributed by atoms with Crippen LogP contribution < -0.4 is 0 Å². The lowest BCUT2D eigenvalue weighted by atomic mass is 9.69. The molecule has 1 aliphatic heterocycles. The largest absolute Gasteiger partial charge is 0.390 e. The SMILES string of the molecule is CC[C@@]1(O)CCC[C@@H]2CN(C(=O)CCc3c(C)nc4ncnn4c3C)C[C@@H]21. The van der Waals surface area contributed by atoms with E-state index >= 15 is 0 Å². The summed E-state index contributed by atoms with van der Waals surface area (Å²) in [5.41, 5.74) is 2.39. The van der Waals surface area contributed by atoms with Gasteiger partial charge in [0.1, 0.15) is 6.33 Å². The summed E-state index contributed by atoms with van der Waals surface area (Å²) in [6.45, 7) is 7.53. The number of carbonyl (C=O) groups excluding carboxylic acids is 1. The number of amides is 1. The maximum absolute atomic E-state index is 12.9. The first kappa shape index (κ1) is 18.3. The molecule has 2 aromatic heterocycles. The van der Waals surface area contributed by atoms with E-state index in [-0.39, 0.29) is 11.8 Å². The first-order chi connectivity index (χ1) is 12.9. The first-order valence-corrected chi connectivity index (χ1v) is 10.1. The van der Waals surface area contributed by atoms with E-state index in [4.69, 9.17) is 0 Å². The molecule has 1 saturated heterocycles. The summed E-state index contributed by atoms with van der Waals surface area (Å²) in [6, 6.07) is 0. The van der Waals surface area contributed by atoms with Crippen molar-refractivity contribution >= 4 is 11.7 Å². The van der Waals surface area contributed by atoms with E-state index < -0.39 is 5.60 Å². The van der Waals surface area contributed by atoms with Crippen LogP contribution in [0.4, 0.5) is 0 Å². The van der Waals surface area contributed by atoms with Gasteiger partial charge < -0.3 is 10.0 Å². The number of carbonyl (C=O) groups is 1. The number of nitrogens with zero attached hydrogens (tertiary/aromatic N) is 5. The molecule has 27 heavy (non-hydrogen) atoms. The molecule has 0 spiro atoms. The zero-order valence-corrected chi connectivity index (χ0v) is 16.5. The second-order valence-electron chi connectivity index (χ2n) is 8.25. The van der Waals surface area contributed by atoms with Gasteiger partial charge in [-0.3, -0.25) is 4.79 Å². The minimum absolute atomic E-state index is 0.181. The lowest BCUT2D eigenvalue weighted by Crippen LogP contribution is -2.44. The Labute approximate surface area is 159 Å². The molecule has 2 aliphatic rings. The van der Waals surface area contributed by atoms with Crippen LogP contribution in [0.1, 0.15) is 56.0 Å². The van der Waals surface area contributed by atoms with Crippen LogP contribution in [0.3, 0.4) is 0 Å². The molecule has 7 nitrogen and oxygen atoms in total. The van der Waals surface area contributed by atoms with Gasteiger partial charge in [0.25, 0.3) is 5.78 Å². The molecule has 7 heteroatoms. The fourth-order valence-corrected chi connectivity index (χ4v) is 5.18. The van der Waals surface area contributed by atoms with Crippen molar-refractivity contribution in [2.75, 3.05) is 13.1 Å². The topological polar surface area (TPSA) is 83.6 Å². The lowest BCUT2D eigenvalue weighted by Gasteiger charge is -2.40. The highest BCUT2D eigenvalue weighted by Gasteiger charge is 2.48. The molecule has 0 aromatic carbocycles. The third kappa shape index (κ3) is 3.12. The lowest BCUT2D eigenvalue weighted by molar-refractivity contribution is -0.130. The average molecular weight is 371 g/mol. The van der Waals surface area contributed by atoms with Crippen molar-refractivity contribution in [3.63, 3.8) is 0 Å². The fourth-order valence-electron chi connectivity index (χ4n) is 5.18. The number of aryl methyl sites for hydroxylation is 2.